The standard InChI is InChI=1S/C32H36ClF2N3O4/c1-7-42-28(39)16-25(23-15-21(12-20(6)30(23)35)29-18(4)13-22(34)14-19(29)5)37-32(41)26(11-17(2)3)38-31(40)24-9-8-10-27(33)36-24/h8-10,12-15,17,25-26H,7,11,16H2,1-6H3,(H,37,41)(H,38,40)/t25-,26-/m0/s1. The molecule has 42 heavy (non-hydrogen) atoms. The summed E-state index contributed by atoms with van der Waals surface area (Å²) in [6, 6.07) is 8.43. The van der Waals surface area contributed by atoms with Crippen molar-refractivity contribution in [2.24, 2.45) is 5.92 Å². The van der Waals surface area contributed by atoms with Gasteiger partial charge in [-0.25, -0.2) is 13.8 Å². The Balaban J connectivity index is 2.03. The molecular weight excluding hydrogens is 564 g/mol. The van der Waals surface area contributed by atoms with E-state index >= 15 is 4.39 Å². The summed E-state index contributed by atoms with van der Waals surface area (Å²) in [5.74, 6) is -2.82. The van der Waals surface area contributed by atoms with Gasteiger partial charge in [-0.3, -0.25) is 14.4 Å². The maximum atomic E-state index is 15.7. The third kappa shape index (κ3) is 8.35. The van der Waals surface area contributed by atoms with Crippen LogP contribution in [-0.2, 0) is 14.3 Å². The lowest BCUT2D eigenvalue weighted by Crippen LogP contribution is -2.48. The second-order valence-corrected chi connectivity index (χ2v) is 11.1. The lowest BCUT2D eigenvalue weighted by atomic mass is 9.90. The highest BCUT2D eigenvalue weighted by molar-refractivity contribution is 6.29. The van der Waals surface area contributed by atoms with Gasteiger partial charge in [0.2, 0.25) is 5.91 Å². The van der Waals surface area contributed by atoms with Crippen LogP contribution in [0.15, 0.2) is 42.5 Å². The van der Waals surface area contributed by atoms with E-state index in [0.717, 1.165) is 5.56 Å². The average Bonchev–Trinajstić information content (AvgIpc) is 2.89. The number of ether oxygens (including phenoxy) is 1. The molecule has 224 valence electrons. The van der Waals surface area contributed by atoms with E-state index in [0.29, 0.717) is 16.7 Å². The Morgan fingerprint density at radius 2 is 1.64 bits per heavy atom. The fourth-order valence-corrected chi connectivity index (χ4v) is 5.09. The van der Waals surface area contributed by atoms with Gasteiger partial charge in [0.25, 0.3) is 5.91 Å². The van der Waals surface area contributed by atoms with Crippen LogP contribution < -0.4 is 10.6 Å². The van der Waals surface area contributed by atoms with Crippen molar-refractivity contribution in [3.05, 3.63) is 87.2 Å². The molecule has 0 aliphatic carbocycles. The van der Waals surface area contributed by atoms with E-state index < -0.39 is 35.7 Å². The number of pyridine rings is 1. The number of carbonyl (C=O) groups is 3. The summed E-state index contributed by atoms with van der Waals surface area (Å²) >= 11 is 5.93. The Kier molecular flexibility index (Phi) is 11.2. The summed E-state index contributed by atoms with van der Waals surface area (Å²) in [4.78, 5) is 43.2. The summed E-state index contributed by atoms with van der Waals surface area (Å²) in [5, 5.41) is 5.60. The second kappa shape index (κ2) is 14.4. The van der Waals surface area contributed by atoms with Crippen LogP contribution in [0.3, 0.4) is 0 Å². The molecule has 0 unspecified atom stereocenters. The van der Waals surface area contributed by atoms with Crippen molar-refractivity contribution in [3.63, 3.8) is 0 Å². The van der Waals surface area contributed by atoms with E-state index in [4.69, 9.17) is 16.3 Å². The van der Waals surface area contributed by atoms with Crippen LogP contribution in [-0.4, -0.2) is 35.4 Å². The molecule has 2 amide bonds. The van der Waals surface area contributed by atoms with Crippen LogP contribution in [0.25, 0.3) is 11.1 Å². The molecule has 0 fully saturated rings. The highest BCUT2D eigenvalue weighted by atomic mass is 35.5. The maximum absolute atomic E-state index is 15.7. The van der Waals surface area contributed by atoms with Gasteiger partial charge in [-0.2, -0.15) is 0 Å². The van der Waals surface area contributed by atoms with Crippen LogP contribution in [0, 0.1) is 38.3 Å². The van der Waals surface area contributed by atoms with Crippen LogP contribution in [0.2, 0.25) is 5.15 Å². The second-order valence-electron chi connectivity index (χ2n) is 10.7. The van der Waals surface area contributed by atoms with Crippen molar-refractivity contribution in [2.45, 2.75) is 66.5 Å². The number of aromatic nitrogens is 1. The lowest BCUT2D eigenvalue weighted by molar-refractivity contribution is -0.143. The van der Waals surface area contributed by atoms with Crippen molar-refractivity contribution in [3.8, 4) is 11.1 Å². The zero-order valence-corrected chi connectivity index (χ0v) is 25.4. The van der Waals surface area contributed by atoms with Gasteiger partial charge in [-0.15, -0.1) is 0 Å². The Morgan fingerprint density at radius 3 is 2.24 bits per heavy atom. The van der Waals surface area contributed by atoms with Crippen LogP contribution >= 0.6 is 11.6 Å². The first-order chi connectivity index (χ1) is 19.8. The van der Waals surface area contributed by atoms with Gasteiger partial charge in [-0.1, -0.05) is 31.5 Å². The Bertz CT molecular complexity index is 1460. The molecule has 2 aromatic carbocycles. The predicted octanol–water partition coefficient (Wildman–Crippen LogP) is 6.56. The number of esters is 1. The number of nitrogens with one attached hydrogen (secondary N) is 2. The fourth-order valence-electron chi connectivity index (χ4n) is 4.93. The van der Waals surface area contributed by atoms with E-state index in [1.165, 1.54) is 24.3 Å². The van der Waals surface area contributed by atoms with E-state index in [1.54, 1.807) is 45.9 Å². The van der Waals surface area contributed by atoms with Crippen molar-refractivity contribution < 1.29 is 27.9 Å². The van der Waals surface area contributed by atoms with Crippen molar-refractivity contribution in [1.82, 2.24) is 15.6 Å². The predicted molar refractivity (Wildman–Crippen MR) is 158 cm³/mol. The molecule has 0 radical (unpaired) electrons. The van der Waals surface area contributed by atoms with E-state index in [-0.39, 0.29) is 53.2 Å². The van der Waals surface area contributed by atoms with Crippen LogP contribution in [0.1, 0.15) is 72.4 Å². The summed E-state index contributed by atoms with van der Waals surface area (Å²) in [6.45, 7) is 10.6. The minimum absolute atomic E-state index is 0.00334. The largest absolute Gasteiger partial charge is 0.466 e. The van der Waals surface area contributed by atoms with Crippen molar-refractivity contribution in [1.29, 1.82) is 0 Å². The fraction of sp³-hybridized carbons (Fsp3) is 0.375. The van der Waals surface area contributed by atoms with Gasteiger partial charge in [0, 0.05) is 5.56 Å². The number of hydrogen-bond acceptors (Lipinski definition) is 5. The Hall–Kier alpha value is -3.85. The molecule has 0 saturated heterocycles. The molecule has 2 atom stereocenters. The van der Waals surface area contributed by atoms with E-state index in [9.17, 15) is 18.8 Å². The molecule has 1 aromatic heterocycles. The summed E-state index contributed by atoms with van der Waals surface area (Å²) in [6.07, 6.45) is -0.0846. The third-order valence-corrected chi connectivity index (χ3v) is 6.92. The first kappa shape index (κ1) is 32.7. The number of benzene rings is 2. The molecule has 0 spiro atoms. The summed E-state index contributed by atoms with van der Waals surface area (Å²) < 4.78 is 34.9. The normalized spacial score (nSPS) is 12.5. The number of amides is 2. The van der Waals surface area contributed by atoms with Crippen LogP contribution in [0.4, 0.5) is 8.78 Å². The first-order valence-corrected chi connectivity index (χ1v) is 14.1. The zero-order valence-electron chi connectivity index (χ0n) is 24.6. The number of rotatable bonds is 11. The number of carbonyl (C=O) groups excluding carboxylic acids is 3. The highest BCUT2D eigenvalue weighted by Gasteiger charge is 2.29. The van der Waals surface area contributed by atoms with Gasteiger partial charge in [0.05, 0.1) is 19.1 Å². The van der Waals surface area contributed by atoms with Gasteiger partial charge in [0.1, 0.15) is 28.5 Å². The number of halogens is 3. The van der Waals surface area contributed by atoms with Crippen LogP contribution in [0.5, 0.6) is 0 Å². The SMILES string of the molecule is CCOC(=O)C[C@H](NC(=O)[C@H](CC(C)C)NC(=O)c1cccc(Cl)n1)c1cc(-c2c(C)cc(F)cc2C)cc(C)c1F. The van der Waals surface area contributed by atoms with Gasteiger partial charge in [-0.05, 0) is 104 Å². The molecule has 0 saturated carbocycles. The quantitative estimate of drug-likeness (QED) is 0.192. The Labute approximate surface area is 250 Å². The highest BCUT2D eigenvalue weighted by Crippen LogP contribution is 2.34. The van der Waals surface area contributed by atoms with Crippen molar-refractivity contribution in [2.75, 3.05) is 6.61 Å². The molecule has 10 heteroatoms. The summed E-state index contributed by atoms with van der Waals surface area (Å²) in [5.41, 5.74) is 3.04. The molecule has 3 rings (SSSR count). The van der Waals surface area contributed by atoms with Gasteiger partial charge in [0.15, 0.2) is 0 Å². The zero-order chi connectivity index (χ0) is 31.1. The van der Waals surface area contributed by atoms with Gasteiger partial charge < -0.3 is 15.4 Å². The molecule has 0 bridgehead atoms. The molecular formula is C32H36ClF2N3O4. The minimum atomic E-state index is -1.12. The number of nitrogens with zero attached hydrogens (tertiary/aromatic N) is 1. The third-order valence-electron chi connectivity index (χ3n) is 6.71. The van der Waals surface area contributed by atoms with Gasteiger partial charge >= 0.3 is 5.97 Å². The monoisotopic (exact) mass is 599 g/mol. The lowest BCUT2D eigenvalue weighted by Gasteiger charge is -2.26. The van der Waals surface area contributed by atoms with E-state index in [1.807, 2.05) is 13.8 Å². The number of aryl methyl sites for hydroxylation is 3. The Morgan fingerprint density at radius 1 is 0.976 bits per heavy atom. The molecule has 2 N–H and O–H groups in total. The first-order valence-electron chi connectivity index (χ1n) is 13.8. The van der Waals surface area contributed by atoms with E-state index in [2.05, 4.69) is 15.6 Å². The van der Waals surface area contributed by atoms with Crippen molar-refractivity contribution >= 4 is 29.4 Å². The number of hydrogen-bond donors (Lipinski definition) is 2. The topological polar surface area (TPSA) is 97.4 Å². The molecule has 0 aliphatic heterocycles. The molecule has 3 aromatic rings. The molecule has 1 heterocycles. The smallest absolute Gasteiger partial charge is 0.308 e. The molecule has 7 nitrogen and oxygen atoms in total. The minimum Gasteiger partial charge on any atom is -0.466 e. The molecule has 0 aliphatic rings. The summed E-state index contributed by atoms with van der Waals surface area (Å²) in [7, 11) is 0. The maximum Gasteiger partial charge on any atom is 0.308 e. The average molecular weight is 600 g/mol.